The fraction of sp³-hybridized carbons (Fsp3) is 0.484. The lowest BCUT2D eigenvalue weighted by Gasteiger charge is -2.26. The molecule has 2 amide bonds. The highest BCUT2D eigenvalue weighted by Crippen LogP contribution is 2.26. The summed E-state index contributed by atoms with van der Waals surface area (Å²) in [6, 6.07) is 8.91. The number of aromatic nitrogens is 1. The van der Waals surface area contributed by atoms with Crippen LogP contribution in [0, 0.1) is 17.7 Å². The number of pyridine rings is 1. The third-order valence-corrected chi connectivity index (χ3v) is 7.90. The number of Topliss-reactive ketones (excluding diaryl/α,β-unsaturated/α-hetero) is 3. The van der Waals surface area contributed by atoms with Gasteiger partial charge >= 0.3 is 0 Å². The van der Waals surface area contributed by atoms with Crippen molar-refractivity contribution in [2.45, 2.75) is 82.7 Å². The number of rotatable bonds is 12. The minimum absolute atomic E-state index is 0.0226. The zero-order chi connectivity index (χ0) is 28.5. The second-order valence-corrected chi connectivity index (χ2v) is 10.9. The van der Waals surface area contributed by atoms with Crippen LogP contribution in [0.5, 0.6) is 0 Å². The molecule has 2 aromatic rings. The summed E-state index contributed by atoms with van der Waals surface area (Å²) in [5, 5.41) is 5.54. The summed E-state index contributed by atoms with van der Waals surface area (Å²) in [6.07, 6.45) is 8.60. The molecule has 3 atom stereocenters. The molecule has 0 aliphatic heterocycles. The van der Waals surface area contributed by atoms with Crippen molar-refractivity contribution in [1.82, 2.24) is 15.6 Å². The van der Waals surface area contributed by atoms with Gasteiger partial charge in [0.2, 0.25) is 11.7 Å². The maximum atomic E-state index is 13.7. The predicted molar refractivity (Wildman–Crippen MR) is 146 cm³/mol. The minimum atomic E-state index is -1.19. The second-order valence-electron chi connectivity index (χ2n) is 10.9. The average Bonchev–Trinajstić information content (AvgIpc) is 3.36. The smallest absolute Gasteiger partial charge is 0.289 e. The molecule has 1 aromatic carbocycles. The first-order chi connectivity index (χ1) is 19.3. The fourth-order valence-corrected chi connectivity index (χ4v) is 5.67. The molecule has 0 bridgehead atoms. The second kappa shape index (κ2) is 14.1. The van der Waals surface area contributed by atoms with Crippen molar-refractivity contribution in [1.29, 1.82) is 0 Å². The van der Waals surface area contributed by atoms with Gasteiger partial charge in [0.15, 0.2) is 5.78 Å². The first kappa shape index (κ1) is 29.2. The van der Waals surface area contributed by atoms with E-state index in [2.05, 4.69) is 15.6 Å². The van der Waals surface area contributed by atoms with Crippen molar-refractivity contribution in [3.63, 3.8) is 0 Å². The van der Waals surface area contributed by atoms with Gasteiger partial charge in [-0.1, -0.05) is 49.6 Å². The molecule has 212 valence electrons. The third kappa shape index (κ3) is 8.13. The Hall–Kier alpha value is -3.75. The number of halogens is 1. The average molecular weight is 550 g/mol. The van der Waals surface area contributed by atoms with E-state index in [1.807, 2.05) is 30.3 Å². The van der Waals surface area contributed by atoms with E-state index in [0.717, 1.165) is 49.9 Å². The van der Waals surface area contributed by atoms with Crippen molar-refractivity contribution < 1.29 is 28.4 Å². The number of amides is 2. The molecule has 0 unspecified atom stereocenters. The maximum absolute atomic E-state index is 13.7. The molecule has 2 aliphatic rings. The summed E-state index contributed by atoms with van der Waals surface area (Å²) in [5.41, 5.74) is 0.846. The first-order valence-electron chi connectivity index (χ1n) is 14.2. The molecule has 2 N–H and O–H groups in total. The number of nitrogens with zero attached hydrogens (tertiary/aromatic N) is 1. The van der Waals surface area contributed by atoms with Crippen LogP contribution in [0.2, 0.25) is 0 Å². The molecule has 8 nitrogen and oxygen atoms in total. The fourth-order valence-electron chi connectivity index (χ4n) is 5.67. The lowest BCUT2D eigenvalue weighted by Crippen LogP contribution is -2.52. The van der Waals surface area contributed by atoms with Gasteiger partial charge in [-0.15, -0.1) is 0 Å². The van der Waals surface area contributed by atoms with E-state index >= 15 is 0 Å². The van der Waals surface area contributed by atoms with Gasteiger partial charge < -0.3 is 10.6 Å². The van der Waals surface area contributed by atoms with Gasteiger partial charge in [-0.2, -0.15) is 0 Å². The van der Waals surface area contributed by atoms with E-state index in [1.54, 1.807) is 0 Å². The molecule has 2 aliphatic carbocycles. The summed E-state index contributed by atoms with van der Waals surface area (Å²) in [4.78, 5) is 69.1. The summed E-state index contributed by atoms with van der Waals surface area (Å²) in [6.45, 7) is 0. The molecule has 4 rings (SSSR count). The van der Waals surface area contributed by atoms with E-state index in [-0.39, 0.29) is 36.7 Å². The molecule has 9 heteroatoms. The summed E-state index contributed by atoms with van der Waals surface area (Å²) < 4.78 is 13.7. The van der Waals surface area contributed by atoms with Crippen LogP contribution in [-0.2, 0) is 25.6 Å². The van der Waals surface area contributed by atoms with Gasteiger partial charge in [-0.05, 0) is 50.2 Å². The minimum Gasteiger partial charge on any atom is -0.347 e. The van der Waals surface area contributed by atoms with Crippen molar-refractivity contribution in [3.05, 3.63) is 65.7 Å². The zero-order valence-corrected chi connectivity index (χ0v) is 22.6. The molecule has 40 heavy (non-hydrogen) atoms. The zero-order valence-electron chi connectivity index (χ0n) is 22.6. The predicted octanol–water partition coefficient (Wildman–Crippen LogP) is 3.91. The van der Waals surface area contributed by atoms with Crippen LogP contribution in [0.4, 0.5) is 4.39 Å². The SMILES string of the molecule is O=C(NC1CCCCC1)C(=O)[C@H](C[C@@H]1CCCC1=O)NC(=O)[C@@H](CC(=O)c1cncc(F)c1)Cc1ccccc1. The Bertz CT molecular complexity index is 1230. The maximum Gasteiger partial charge on any atom is 0.289 e. The van der Waals surface area contributed by atoms with E-state index in [4.69, 9.17) is 0 Å². The van der Waals surface area contributed by atoms with Crippen LogP contribution in [0.1, 0.15) is 80.1 Å². The Morgan fingerprint density at radius 3 is 2.40 bits per heavy atom. The highest BCUT2D eigenvalue weighted by atomic mass is 19.1. The Morgan fingerprint density at radius 2 is 1.73 bits per heavy atom. The monoisotopic (exact) mass is 549 g/mol. The van der Waals surface area contributed by atoms with Crippen LogP contribution < -0.4 is 10.6 Å². The molecule has 1 heterocycles. The Labute approximate surface area is 233 Å². The van der Waals surface area contributed by atoms with Gasteiger partial charge in [0, 0.05) is 42.5 Å². The molecule has 0 spiro atoms. The van der Waals surface area contributed by atoms with Gasteiger partial charge in [0.25, 0.3) is 5.91 Å². The van der Waals surface area contributed by atoms with Gasteiger partial charge in [-0.3, -0.25) is 29.0 Å². The number of carbonyl (C=O) groups is 5. The topological polar surface area (TPSA) is 122 Å². The highest BCUT2D eigenvalue weighted by Gasteiger charge is 2.36. The van der Waals surface area contributed by atoms with E-state index < -0.39 is 47.1 Å². The summed E-state index contributed by atoms with van der Waals surface area (Å²) in [5.74, 6) is -4.52. The first-order valence-corrected chi connectivity index (χ1v) is 14.2. The Kier molecular flexibility index (Phi) is 10.3. The van der Waals surface area contributed by atoms with Crippen molar-refractivity contribution in [3.8, 4) is 0 Å². The summed E-state index contributed by atoms with van der Waals surface area (Å²) >= 11 is 0. The van der Waals surface area contributed by atoms with Crippen molar-refractivity contribution >= 4 is 29.2 Å². The number of hydrogen-bond donors (Lipinski definition) is 2. The number of hydrogen-bond acceptors (Lipinski definition) is 6. The standard InChI is InChI=1S/C31H36FN3O5/c32-24-15-23(18-33-19-24)28(37)17-22(14-20-8-3-1-4-9-20)30(39)35-26(16-21-10-7-13-27(21)36)29(38)31(40)34-25-11-5-2-6-12-25/h1,3-4,8-9,15,18-19,21-22,25-26H,2,5-7,10-14,16-17H2,(H,34,40)(H,35,39)/t21-,22+,26-/m0/s1. The Balaban J connectivity index is 1.52. The van der Waals surface area contributed by atoms with Crippen LogP contribution >= 0.6 is 0 Å². The van der Waals surface area contributed by atoms with Gasteiger partial charge in [0.1, 0.15) is 11.6 Å². The quantitative estimate of drug-likeness (QED) is 0.306. The Morgan fingerprint density at radius 1 is 0.975 bits per heavy atom. The molecule has 0 radical (unpaired) electrons. The lowest BCUT2D eigenvalue weighted by atomic mass is 9.89. The number of carbonyl (C=O) groups excluding carboxylic acids is 5. The van der Waals surface area contributed by atoms with Crippen molar-refractivity contribution in [2.24, 2.45) is 11.8 Å². The van der Waals surface area contributed by atoms with Gasteiger partial charge in [0.05, 0.1) is 12.2 Å². The highest BCUT2D eigenvalue weighted by molar-refractivity contribution is 6.38. The van der Waals surface area contributed by atoms with Gasteiger partial charge in [-0.25, -0.2) is 4.39 Å². The van der Waals surface area contributed by atoms with Crippen LogP contribution in [0.15, 0.2) is 48.8 Å². The molecule has 2 saturated carbocycles. The number of benzene rings is 1. The lowest BCUT2D eigenvalue weighted by molar-refractivity contribution is -0.141. The normalized spacial score (nSPS) is 19.0. The van der Waals surface area contributed by atoms with Crippen LogP contribution in [-0.4, -0.2) is 46.2 Å². The molecule has 0 saturated heterocycles. The van der Waals surface area contributed by atoms with E-state index in [0.29, 0.717) is 19.3 Å². The number of ketones is 3. The van der Waals surface area contributed by atoms with Crippen molar-refractivity contribution in [2.75, 3.05) is 0 Å². The van der Waals surface area contributed by atoms with Crippen LogP contribution in [0.3, 0.4) is 0 Å². The molecule has 1 aromatic heterocycles. The van der Waals surface area contributed by atoms with E-state index in [9.17, 15) is 28.4 Å². The number of nitrogens with one attached hydrogen (secondary N) is 2. The summed E-state index contributed by atoms with van der Waals surface area (Å²) in [7, 11) is 0. The molecular weight excluding hydrogens is 513 g/mol. The molecular formula is C31H36FN3O5. The van der Waals surface area contributed by atoms with E-state index in [1.165, 1.54) is 6.20 Å². The molecule has 2 fully saturated rings. The largest absolute Gasteiger partial charge is 0.347 e. The third-order valence-electron chi connectivity index (χ3n) is 7.90. The van der Waals surface area contributed by atoms with Crippen LogP contribution in [0.25, 0.3) is 0 Å².